The van der Waals surface area contributed by atoms with Crippen LogP contribution in [0.25, 0.3) is 0 Å². The maximum absolute atomic E-state index is 12.1. The maximum atomic E-state index is 12.1. The number of fused-ring (bicyclic) bond motifs is 1. The van der Waals surface area contributed by atoms with Gasteiger partial charge in [-0.25, -0.2) is 0 Å². The molecule has 164 valence electrons. The van der Waals surface area contributed by atoms with E-state index in [1.807, 2.05) is 11.0 Å². The molecule has 0 spiro atoms. The summed E-state index contributed by atoms with van der Waals surface area (Å²) in [5.41, 5.74) is 1.52. The van der Waals surface area contributed by atoms with Crippen LogP contribution in [-0.4, -0.2) is 46.3 Å². The van der Waals surface area contributed by atoms with Crippen molar-refractivity contribution in [3.05, 3.63) is 23.8 Å². The topological polar surface area (TPSA) is 60.8 Å². The van der Waals surface area contributed by atoms with E-state index in [2.05, 4.69) is 19.1 Å². The molecule has 29 heavy (non-hydrogen) atoms. The molecule has 3 rings (SSSR count). The monoisotopic (exact) mass is 403 g/mol. The molecule has 0 radical (unpaired) electrons. The lowest BCUT2D eigenvalue weighted by Gasteiger charge is -2.19. The van der Waals surface area contributed by atoms with Crippen LogP contribution in [0.5, 0.6) is 0 Å². The molecule has 0 aromatic heterocycles. The Morgan fingerprint density at radius 3 is 2.79 bits per heavy atom. The molecule has 1 amide bonds. The van der Waals surface area contributed by atoms with Gasteiger partial charge in [-0.05, 0) is 63.2 Å². The number of carbonyl (C=O) groups excluding carboxylic acids is 1. The molecule has 5 atom stereocenters. The van der Waals surface area contributed by atoms with E-state index in [-0.39, 0.29) is 18.1 Å². The first-order valence-corrected chi connectivity index (χ1v) is 12.1. The number of likely N-dealkylation sites (tertiary alicyclic amines) is 1. The molecule has 4 nitrogen and oxygen atoms in total. The second-order valence-corrected chi connectivity index (χ2v) is 9.48. The predicted octanol–water partition coefficient (Wildman–Crippen LogP) is 4.61. The fourth-order valence-corrected chi connectivity index (χ4v) is 5.50. The van der Waals surface area contributed by atoms with Gasteiger partial charge in [0.05, 0.1) is 12.2 Å². The van der Waals surface area contributed by atoms with Crippen LogP contribution in [0.2, 0.25) is 0 Å². The van der Waals surface area contributed by atoms with E-state index in [0.29, 0.717) is 24.2 Å². The summed E-state index contributed by atoms with van der Waals surface area (Å²) in [6.45, 7) is 4.09. The van der Waals surface area contributed by atoms with Gasteiger partial charge < -0.3 is 15.1 Å². The fraction of sp³-hybridized carbons (Fsp3) is 0.800. The van der Waals surface area contributed by atoms with Crippen molar-refractivity contribution in [2.75, 3.05) is 13.1 Å². The van der Waals surface area contributed by atoms with Crippen LogP contribution < -0.4 is 0 Å². The van der Waals surface area contributed by atoms with Crippen molar-refractivity contribution in [1.82, 2.24) is 4.90 Å². The zero-order chi connectivity index (χ0) is 20.6. The van der Waals surface area contributed by atoms with E-state index < -0.39 is 0 Å². The highest BCUT2D eigenvalue weighted by Gasteiger charge is 2.43. The van der Waals surface area contributed by atoms with Crippen LogP contribution in [0, 0.1) is 17.8 Å². The van der Waals surface area contributed by atoms with Crippen molar-refractivity contribution in [3.8, 4) is 0 Å². The van der Waals surface area contributed by atoms with Gasteiger partial charge in [-0.2, -0.15) is 0 Å². The van der Waals surface area contributed by atoms with Gasteiger partial charge in [0, 0.05) is 25.4 Å². The van der Waals surface area contributed by atoms with Crippen LogP contribution in [-0.2, 0) is 4.79 Å². The average Bonchev–Trinajstić information content (AvgIpc) is 3.41. The molecule has 1 aliphatic heterocycles. The highest BCUT2D eigenvalue weighted by atomic mass is 16.3. The van der Waals surface area contributed by atoms with E-state index >= 15 is 0 Å². The minimum absolute atomic E-state index is 0.173. The molecule has 0 aromatic rings. The van der Waals surface area contributed by atoms with Gasteiger partial charge in [0.1, 0.15) is 0 Å². The molecule has 0 aromatic carbocycles. The quantitative estimate of drug-likeness (QED) is 0.391. The molecule has 2 aliphatic carbocycles. The number of unbranched alkanes of at least 4 members (excludes halogenated alkanes) is 3. The van der Waals surface area contributed by atoms with E-state index in [1.54, 1.807) is 0 Å². The third kappa shape index (κ3) is 6.42. The first kappa shape index (κ1) is 22.6. The first-order valence-electron chi connectivity index (χ1n) is 12.1. The Hall–Kier alpha value is -1.13. The normalized spacial score (nSPS) is 30.2. The van der Waals surface area contributed by atoms with Crippen molar-refractivity contribution in [3.63, 3.8) is 0 Å². The molecular weight excluding hydrogens is 362 g/mol. The van der Waals surface area contributed by atoms with Crippen LogP contribution in [0.15, 0.2) is 23.8 Å². The lowest BCUT2D eigenvalue weighted by Crippen LogP contribution is -2.27. The van der Waals surface area contributed by atoms with Crippen LogP contribution in [0.3, 0.4) is 0 Å². The Kier molecular flexibility index (Phi) is 8.80. The maximum Gasteiger partial charge on any atom is 0.222 e. The standard InChI is InChI=1S/C25H41NO3/c1-2-3-4-10-21(27)12-13-22-23-17-19(16-20(23)18-24(22)28)9-5-6-11-25(29)26-14-7-8-15-26/h12-13,16,20-24,27-28H,2-11,14-15,17-18H2,1H3/t20-,21-,22+,23-,24+/m0/s1. The molecule has 4 heteroatoms. The number of allylic oxidation sites excluding steroid dienone is 2. The van der Waals surface area contributed by atoms with Gasteiger partial charge in [-0.1, -0.05) is 50.0 Å². The Morgan fingerprint density at radius 2 is 2.03 bits per heavy atom. The highest BCUT2D eigenvalue weighted by Crippen LogP contribution is 2.48. The summed E-state index contributed by atoms with van der Waals surface area (Å²) >= 11 is 0. The van der Waals surface area contributed by atoms with Crippen LogP contribution in [0.4, 0.5) is 0 Å². The molecule has 3 aliphatic rings. The van der Waals surface area contributed by atoms with E-state index in [0.717, 1.165) is 58.0 Å². The molecule has 0 unspecified atom stereocenters. The molecule has 2 N–H and O–H groups in total. The number of nitrogens with zero attached hydrogens (tertiary/aromatic N) is 1. The van der Waals surface area contributed by atoms with Crippen molar-refractivity contribution in [2.45, 2.75) is 96.2 Å². The van der Waals surface area contributed by atoms with Crippen molar-refractivity contribution in [2.24, 2.45) is 17.8 Å². The Morgan fingerprint density at radius 1 is 1.24 bits per heavy atom. The molecule has 1 saturated carbocycles. The van der Waals surface area contributed by atoms with Crippen molar-refractivity contribution < 1.29 is 15.0 Å². The third-order valence-electron chi connectivity index (χ3n) is 7.21. The largest absolute Gasteiger partial charge is 0.392 e. The number of aliphatic hydroxyl groups is 2. The van der Waals surface area contributed by atoms with Crippen LogP contribution >= 0.6 is 0 Å². The lowest BCUT2D eigenvalue weighted by atomic mass is 9.88. The Labute approximate surface area is 177 Å². The van der Waals surface area contributed by atoms with E-state index in [4.69, 9.17) is 0 Å². The predicted molar refractivity (Wildman–Crippen MR) is 117 cm³/mol. The number of rotatable bonds is 11. The van der Waals surface area contributed by atoms with Gasteiger partial charge in [0.15, 0.2) is 0 Å². The number of carbonyl (C=O) groups is 1. The minimum Gasteiger partial charge on any atom is -0.392 e. The zero-order valence-corrected chi connectivity index (χ0v) is 18.3. The SMILES string of the molecule is CCCCC[C@H](O)C=C[C@@H]1[C@H]2CC(CCCCC(=O)N3CCCC3)=C[C@H]2C[C@H]1O. The molecule has 1 heterocycles. The van der Waals surface area contributed by atoms with Crippen molar-refractivity contribution in [1.29, 1.82) is 0 Å². The molecule has 2 fully saturated rings. The number of hydrogen-bond donors (Lipinski definition) is 2. The van der Waals surface area contributed by atoms with E-state index in [1.165, 1.54) is 31.3 Å². The van der Waals surface area contributed by atoms with E-state index in [9.17, 15) is 15.0 Å². The first-order chi connectivity index (χ1) is 14.1. The molecule has 0 bridgehead atoms. The smallest absolute Gasteiger partial charge is 0.222 e. The summed E-state index contributed by atoms with van der Waals surface area (Å²) < 4.78 is 0. The summed E-state index contributed by atoms with van der Waals surface area (Å²) in [6.07, 6.45) is 18.1. The Balaban J connectivity index is 1.38. The van der Waals surface area contributed by atoms with Gasteiger partial charge in [0.25, 0.3) is 0 Å². The summed E-state index contributed by atoms with van der Waals surface area (Å²) in [5, 5.41) is 20.7. The van der Waals surface area contributed by atoms with Gasteiger partial charge in [-0.15, -0.1) is 0 Å². The number of hydrogen-bond acceptors (Lipinski definition) is 3. The minimum atomic E-state index is -0.380. The summed E-state index contributed by atoms with van der Waals surface area (Å²) in [4.78, 5) is 14.2. The highest BCUT2D eigenvalue weighted by molar-refractivity contribution is 5.76. The van der Waals surface area contributed by atoms with Gasteiger partial charge in [0.2, 0.25) is 5.91 Å². The third-order valence-corrected chi connectivity index (χ3v) is 7.21. The summed E-state index contributed by atoms with van der Waals surface area (Å²) in [7, 11) is 0. The fourth-order valence-electron chi connectivity index (χ4n) is 5.50. The second-order valence-electron chi connectivity index (χ2n) is 9.48. The lowest BCUT2D eigenvalue weighted by molar-refractivity contribution is -0.130. The summed E-state index contributed by atoms with van der Waals surface area (Å²) in [6, 6.07) is 0. The molecular formula is C25H41NO3. The zero-order valence-electron chi connectivity index (χ0n) is 18.3. The van der Waals surface area contributed by atoms with Gasteiger partial charge >= 0.3 is 0 Å². The van der Waals surface area contributed by atoms with Crippen LogP contribution in [0.1, 0.15) is 84.0 Å². The number of aliphatic hydroxyl groups excluding tert-OH is 2. The molecule has 1 saturated heterocycles. The van der Waals surface area contributed by atoms with Gasteiger partial charge in [-0.3, -0.25) is 4.79 Å². The van der Waals surface area contributed by atoms with Crippen molar-refractivity contribution >= 4 is 5.91 Å². The summed E-state index contributed by atoms with van der Waals surface area (Å²) in [5.74, 6) is 1.49. The number of amides is 1. The Bertz CT molecular complexity index is 579. The second kappa shape index (κ2) is 11.3. The average molecular weight is 404 g/mol.